The van der Waals surface area contributed by atoms with E-state index in [2.05, 4.69) is 0 Å². The van der Waals surface area contributed by atoms with Crippen molar-refractivity contribution >= 4 is 29.4 Å². The van der Waals surface area contributed by atoms with Crippen molar-refractivity contribution in [2.24, 2.45) is 0 Å². The van der Waals surface area contributed by atoms with Gasteiger partial charge in [-0.05, 0) is 42.7 Å². The molecule has 27 heavy (non-hydrogen) atoms. The molecule has 0 aromatic heterocycles. The number of imide groups is 1. The zero-order chi connectivity index (χ0) is 19.0. The fraction of sp³-hybridized carbons (Fsp3) is 0.286. The van der Waals surface area contributed by atoms with Gasteiger partial charge in [0.1, 0.15) is 6.61 Å². The molecule has 2 aliphatic rings. The van der Waals surface area contributed by atoms with E-state index in [0.29, 0.717) is 16.1 Å². The maximum absolute atomic E-state index is 12.7. The van der Waals surface area contributed by atoms with Crippen LogP contribution >= 0.6 is 11.6 Å². The molecule has 0 spiro atoms. The van der Waals surface area contributed by atoms with Crippen LogP contribution in [0.4, 0.5) is 0 Å². The van der Waals surface area contributed by atoms with Gasteiger partial charge in [-0.15, -0.1) is 0 Å². The smallest absolute Gasteiger partial charge is 0.316 e. The first-order chi connectivity index (χ1) is 13.0. The van der Waals surface area contributed by atoms with Gasteiger partial charge in [0, 0.05) is 5.02 Å². The highest BCUT2D eigenvalue weighted by Gasteiger charge is 2.47. The molecule has 1 heterocycles. The fourth-order valence-corrected chi connectivity index (χ4v) is 3.85. The lowest BCUT2D eigenvalue weighted by Crippen LogP contribution is -2.44. The van der Waals surface area contributed by atoms with Crippen LogP contribution < -0.4 is 0 Å². The Balaban J connectivity index is 1.41. The first-order valence-electron chi connectivity index (χ1n) is 8.91. The number of esters is 1. The minimum absolute atomic E-state index is 0.0142. The van der Waals surface area contributed by atoms with Crippen molar-refractivity contribution in [2.75, 3.05) is 13.2 Å². The average Bonchev–Trinajstić information content (AvgIpc) is 2.88. The van der Waals surface area contributed by atoms with Gasteiger partial charge in [0.2, 0.25) is 0 Å². The molecule has 6 heteroatoms. The number of benzene rings is 2. The van der Waals surface area contributed by atoms with Crippen LogP contribution in [0.1, 0.15) is 45.5 Å². The van der Waals surface area contributed by atoms with Crippen LogP contribution in [0.5, 0.6) is 0 Å². The number of halogens is 1. The zero-order valence-corrected chi connectivity index (χ0v) is 15.4. The third kappa shape index (κ3) is 2.92. The number of ether oxygens (including phenoxy) is 1. The Morgan fingerprint density at radius 1 is 1.00 bits per heavy atom. The number of fused-ring (bicyclic) bond motifs is 1. The lowest BCUT2D eigenvalue weighted by molar-refractivity contribution is -0.154. The fourth-order valence-electron chi connectivity index (χ4n) is 3.72. The van der Waals surface area contributed by atoms with Crippen LogP contribution in [0.25, 0.3) is 0 Å². The lowest BCUT2D eigenvalue weighted by atomic mass is 9.64. The van der Waals surface area contributed by atoms with E-state index >= 15 is 0 Å². The van der Waals surface area contributed by atoms with Gasteiger partial charge in [-0.25, -0.2) is 0 Å². The van der Waals surface area contributed by atoms with E-state index in [1.807, 2.05) is 12.1 Å². The number of hydrogen-bond acceptors (Lipinski definition) is 4. The summed E-state index contributed by atoms with van der Waals surface area (Å²) in [4.78, 5) is 38.6. The van der Waals surface area contributed by atoms with E-state index in [9.17, 15) is 14.4 Å². The normalized spacial score (nSPS) is 17.4. The molecule has 1 aliphatic heterocycles. The van der Waals surface area contributed by atoms with E-state index in [0.717, 1.165) is 29.7 Å². The van der Waals surface area contributed by atoms with E-state index in [-0.39, 0.29) is 30.9 Å². The summed E-state index contributed by atoms with van der Waals surface area (Å²) in [5, 5.41) is 0.618. The van der Waals surface area contributed by atoms with Crippen LogP contribution in [-0.2, 0) is 14.9 Å². The summed E-state index contributed by atoms with van der Waals surface area (Å²) in [6.07, 6.45) is 2.40. The highest BCUT2D eigenvalue weighted by atomic mass is 35.5. The van der Waals surface area contributed by atoms with Gasteiger partial charge < -0.3 is 4.74 Å². The van der Waals surface area contributed by atoms with E-state index < -0.39 is 5.41 Å². The number of carbonyl (C=O) groups excluding carboxylic acids is 3. The van der Waals surface area contributed by atoms with Crippen molar-refractivity contribution in [1.29, 1.82) is 0 Å². The summed E-state index contributed by atoms with van der Waals surface area (Å²) in [6.45, 7) is 0.0361. The maximum Gasteiger partial charge on any atom is 0.316 e. The number of carbonyl (C=O) groups is 3. The van der Waals surface area contributed by atoms with Crippen LogP contribution in [0.15, 0.2) is 48.5 Å². The lowest BCUT2D eigenvalue weighted by Gasteiger charge is -2.39. The van der Waals surface area contributed by atoms with Gasteiger partial charge >= 0.3 is 5.97 Å². The topological polar surface area (TPSA) is 63.7 Å². The molecule has 2 aromatic carbocycles. The molecule has 0 atom stereocenters. The number of rotatable bonds is 5. The van der Waals surface area contributed by atoms with Crippen molar-refractivity contribution in [2.45, 2.75) is 24.7 Å². The molecule has 0 radical (unpaired) electrons. The van der Waals surface area contributed by atoms with Crippen LogP contribution in [0, 0.1) is 0 Å². The summed E-state index contributed by atoms with van der Waals surface area (Å²) in [5.41, 5.74) is 1.03. The van der Waals surface area contributed by atoms with Crippen LogP contribution in [-0.4, -0.2) is 35.8 Å². The Morgan fingerprint density at radius 2 is 1.59 bits per heavy atom. The van der Waals surface area contributed by atoms with Gasteiger partial charge in [-0.1, -0.05) is 42.3 Å². The second-order valence-electron chi connectivity index (χ2n) is 6.89. The summed E-state index contributed by atoms with van der Waals surface area (Å²) in [6, 6.07) is 13.9. The standard InChI is InChI=1S/C21H18ClNO4/c22-15-8-6-14(7-9-15)21(10-3-11-21)20(26)27-13-12-23-18(24)16-4-1-2-5-17(16)19(23)25/h1-2,4-9H,3,10-13H2. The van der Waals surface area contributed by atoms with E-state index in [1.165, 1.54) is 0 Å². The molecule has 1 aliphatic carbocycles. The molecule has 2 aromatic rings. The second kappa shape index (κ2) is 6.82. The van der Waals surface area contributed by atoms with Crippen LogP contribution in [0.2, 0.25) is 5.02 Å². The Kier molecular flexibility index (Phi) is 4.48. The first-order valence-corrected chi connectivity index (χ1v) is 9.29. The average molecular weight is 384 g/mol. The molecular weight excluding hydrogens is 366 g/mol. The van der Waals surface area contributed by atoms with Gasteiger partial charge in [0.15, 0.2) is 0 Å². The minimum atomic E-state index is -0.646. The highest BCUT2D eigenvalue weighted by molar-refractivity contribution is 6.30. The summed E-state index contributed by atoms with van der Waals surface area (Å²) in [5.74, 6) is -1.00. The number of nitrogens with zero attached hydrogens (tertiary/aromatic N) is 1. The molecule has 1 fully saturated rings. The first kappa shape index (κ1) is 17.7. The monoisotopic (exact) mass is 383 g/mol. The molecular formula is C21H18ClNO4. The van der Waals surface area contributed by atoms with Crippen molar-refractivity contribution < 1.29 is 19.1 Å². The molecule has 0 N–H and O–H groups in total. The van der Waals surface area contributed by atoms with Gasteiger partial charge in [0.05, 0.1) is 23.1 Å². The molecule has 1 saturated carbocycles. The number of amides is 2. The molecule has 5 nitrogen and oxygen atoms in total. The van der Waals surface area contributed by atoms with Crippen molar-refractivity contribution in [1.82, 2.24) is 4.90 Å². The molecule has 0 unspecified atom stereocenters. The Labute approximate surface area is 161 Å². The molecule has 0 saturated heterocycles. The SMILES string of the molecule is O=C1c2ccccc2C(=O)N1CCOC(=O)C1(c2ccc(Cl)cc2)CCC1. The molecule has 0 bridgehead atoms. The molecule has 2 amide bonds. The molecule has 138 valence electrons. The Morgan fingerprint density at radius 3 is 2.11 bits per heavy atom. The third-order valence-electron chi connectivity index (χ3n) is 5.42. The summed E-state index contributed by atoms with van der Waals surface area (Å²) >= 11 is 5.94. The Hall–Kier alpha value is -2.66. The quantitative estimate of drug-likeness (QED) is 0.584. The number of hydrogen-bond donors (Lipinski definition) is 0. The predicted molar refractivity (Wildman–Crippen MR) is 99.7 cm³/mol. The minimum Gasteiger partial charge on any atom is -0.463 e. The highest BCUT2D eigenvalue weighted by Crippen LogP contribution is 2.45. The van der Waals surface area contributed by atoms with Crippen LogP contribution in [0.3, 0.4) is 0 Å². The predicted octanol–water partition coefficient (Wildman–Crippen LogP) is 3.60. The van der Waals surface area contributed by atoms with Gasteiger partial charge in [-0.2, -0.15) is 0 Å². The second-order valence-corrected chi connectivity index (χ2v) is 7.32. The zero-order valence-electron chi connectivity index (χ0n) is 14.6. The van der Waals surface area contributed by atoms with Crippen molar-refractivity contribution in [3.63, 3.8) is 0 Å². The van der Waals surface area contributed by atoms with Gasteiger partial charge in [0.25, 0.3) is 11.8 Å². The van der Waals surface area contributed by atoms with E-state index in [4.69, 9.17) is 16.3 Å². The van der Waals surface area contributed by atoms with E-state index in [1.54, 1.807) is 36.4 Å². The third-order valence-corrected chi connectivity index (χ3v) is 5.67. The van der Waals surface area contributed by atoms with Gasteiger partial charge in [-0.3, -0.25) is 19.3 Å². The Bertz CT molecular complexity index is 883. The maximum atomic E-state index is 12.7. The largest absolute Gasteiger partial charge is 0.463 e. The molecule has 4 rings (SSSR count). The van der Waals surface area contributed by atoms with Crippen molar-refractivity contribution in [3.05, 3.63) is 70.2 Å². The summed E-state index contributed by atoms with van der Waals surface area (Å²) in [7, 11) is 0. The summed E-state index contributed by atoms with van der Waals surface area (Å²) < 4.78 is 5.47. The van der Waals surface area contributed by atoms with Crippen molar-refractivity contribution in [3.8, 4) is 0 Å².